The standard InChI is InChI=1S/C34H25BN5.Pd/c1-22-16-17-36-32(18-22)24-12-14-28-26-8-4-6-10-30(26)35-31-11-7-5-9-27(31)29-15-13-25(39-21-38(3)37-23(39)2)20-34(29)40(35)33(28)19-24;/h4-18,21H,1-3H3;/q-3;. The maximum Gasteiger partial charge on any atom is 0.324 e. The molecule has 4 heterocycles. The maximum atomic E-state index is 4.68. The first kappa shape index (κ1) is 25.8. The number of fused-ring (bicyclic) bond motifs is 11. The second-order valence-corrected chi connectivity index (χ2v) is 10.6. The minimum absolute atomic E-state index is 0. The summed E-state index contributed by atoms with van der Waals surface area (Å²) < 4.78 is 0. The van der Waals surface area contributed by atoms with E-state index in [1.807, 2.05) is 37.9 Å². The average Bonchev–Trinajstić information content (AvgIpc) is 3.33. The number of benzene rings is 4. The molecular formula is C34H25BN5Pd-3. The van der Waals surface area contributed by atoms with E-state index in [4.69, 9.17) is 0 Å². The quantitative estimate of drug-likeness (QED) is 0.186. The number of nitrogens with zero attached hydrogens (tertiary/aromatic N) is 5. The summed E-state index contributed by atoms with van der Waals surface area (Å²) >= 11 is 0. The fraction of sp³-hybridized carbons (Fsp3) is 0.0882. The van der Waals surface area contributed by atoms with Crippen LogP contribution in [0.2, 0.25) is 0 Å². The van der Waals surface area contributed by atoms with Gasteiger partial charge in [-0.05, 0) is 32.7 Å². The van der Waals surface area contributed by atoms with Crippen LogP contribution in [-0.2, 0) is 20.4 Å². The van der Waals surface area contributed by atoms with Crippen LogP contribution in [0.5, 0.6) is 0 Å². The number of aromatic nitrogens is 1. The van der Waals surface area contributed by atoms with Crippen molar-refractivity contribution in [2.75, 3.05) is 16.8 Å². The van der Waals surface area contributed by atoms with Gasteiger partial charge in [-0.3, -0.25) is 0 Å². The van der Waals surface area contributed by atoms with Crippen molar-refractivity contribution in [3.63, 3.8) is 0 Å². The van der Waals surface area contributed by atoms with Crippen molar-refractivity contribution in [3.05, 3.63) is 115 Å². The molecule has 3 aliphatic heterocycles. The Kier molecular flexibility index (Phi) is 6.12. The molecule has 41 heavy (non-hydrogen) atoms. The normalized spacial score (nSPS) is 14.4. The Labute approximate surface area is 254 Å². The number of hydrazone groups is 1. The van der Waals surface area contributed by atoms with Gasteiger partial charge in [0.15, 0.2) is 0 Å². The van der Waals surface area contributed by atoms with E-state index < -0.39 is 0 Å². The molecule has 0 saturated carbocycles. The van der Waals surface area contributed by atoms with Crippen molar-refractivity contribution in [1.29, 1.82) is 0 Å². The monoisotopic (exact) mass is 620 g/mol. The van der Waals surface area contributed by atoms with E-state index in [2.05, 4.69) is 118 Å². The van der Waals surface area contributed by atoms with Gasteiger partial charge in [-0.15, -0.1) is 53.8 Å². The molecular weight excluding hydrogens is 596 g/mol. The summed E-state index contributed by atoms with van der Waals surface area (Å²) in [7, 11) is 1.95. The van der Waals surface area contributed by atoms with Gasteiger partial charge in [0.1, 0.15) is 0 Å². The number of hydrogen-bond donors (Lipinski definition) is 0. The van der Waals surface area contributed by atoms with Crippen LogP contribution in [0.1, 0.15) is 12.5 Å². The van der Waals surface area contributed by atoms with E-state index in [1.54, 1.807) is 0 Å². The van der Waals surface area contributed by atoms with Gasteiger partial charge in [-0.2, -0.15) is 11.2 Å². The van der Waals surface area contributed by atoms with Gasteiger partial charge in [-0.25, -0.2) is 0 Å². The van der Waals surface area contributed by atoms with Crippen molar-refractivity contribution < 1.29 is 20.4 Å². The third-order valence-electron chi connectivity index (χ3n) is 8.05. The van der Waals surface area contributed by atoms with E-state index in [9.17, 15) is 0 Å². The first-order valence-corrected chi connectivity index (χ1v) is 13.5. The predicted molar refractivity (Wildman–Crippen MR) is 164 cm³/mol. The number of anilines is 3. The van der Waals surface area contributed by atoms with Crippen molar-refractivity contribution in [2.45, 2.75) is 13.8 Å². The fourth-order valence-electron chi connectivity index (χ4n) is 6.31. The van der Waals surface area contributed by atoms with E-state index in [1.165, 1.54) is 27.6 Å². The largest absolute Gasteiger partial charge is 0.481 e. The van der Waals surface area contributed by atoms with Gasteiger partial charge >= 0.3 is 6.85 Å². The van der Waals surface area contributed by atoms with Crippen molar-refractivity contribution >= 4 is 40.7 Å². The molecule has 4 aromatic carbocycles. The molecule has 202 valence electrons. The number of pyridine rings is 1. The summed E-state index contributed by atoms with van der Waals surface area (Å²) in [6.45, 7) is 6.11. The minimum atomic E-state index is -0.00383. The molecule has 0 amide bonds. The van der Waals surface area contributed by atoms with Crippen molar-refractivity contribution in [3.8, 4) is 33.5 Å². The molecule has 0 unspecified atom stereocenters. The maximum absolute atomic E-state index is 4.68. The number of aryl methyl sites for hydroxylation is 1. The van der Waals surface area contributed by atoms with Crippen LogP contribution < -0.4 is 20.6 Å². The second-order valence-electron chi connectivity index (χ2n) is 10.6. The van der Waals surface area contributed by atoms with Crippen LogP contribution >= 0.6 is 0 Å². The molecule has 0 saturated heterocycles. The molecule has 5 aromatic rings. The Hall–Kier alpha value is -4.17. The van der Waals surface area contributed by atoms with Gasteiger partial charge in [0.05, 0.1) is 5.84 Å². The average molecular weight is 621 g/mol. The number of hydrogen-bond acceptors (Lipinski definition) is 5. The van der Waals surface area contributed by atoms with Gasteiger partial charge in [-0.1, -0.05) is 99.2 Å². The molecule has 1 aromatic heterocycles. The van der Waals surface area contributed by atoms with Crippen LogP contribution in [0.3, 0.4) is 0 Å². The Morgan fingerprint density at radius 2 is 1.41 bits per heavy atom. The third kappa shape index (κ3) is 3.95. The molecule has 0 spiro atoms. The van der Waals surface area contributed by atoms with Crippen LogP contribution in [0.4, 0.5) is 17.1 Å². The molecule has 0 atom stereocenters. The molecule has 7 heteroatoms. The molecule has 0 fully saturated rings. The molecule has 3 aliphatic rings. The van der Waals surface area contributed by atoms with Gasteiger partial charge in [0, 0.05) is 26.6 Å². The Morgan fingerprint density at radius 3 is 2.07 bits per heavy atom. The van der Waals surface area contributed by atoms with Gasteiger partial charge in [0.2, 0.25) is 0 Å². The zero-order chi connectivity index (χ0) is 27.0. The second kappa shape index (κ2) is 9.73. The molecule has 8 rings (SSSR count). The first-order valence-electron chi connectivity index (χ1n) is 13.5. The van der Waals surface area contributed by atoms with Gasteiger partial charge in [0.25, 0.3) is 0 Å². The van der Waals surface area contributed by atoms with E-state index >= 15 is 0 Å². The topological polar surface area (TPSA) is 35.0 Å². The summed E-state index contributed by atoms with van der Waals surface area (Å²) in [5.41, 5.74) is 13.5. The Balaban J connectivity index is 0.00000276. The van der Waals surface area contributed by atoms with E-state index in [-0.39, 0.29) is 27.3 Å². The summed E-state index contributed by atoms with van der Waals surface area (Å²) in [5, 5.41) is 6.40. The molecule has 5 nitrogen and oxygen atoms in total. The first-order chi connectivity index (χ1) is 19.6. The van der Waals surface area contributed by atoms with E-state index in [0.29, 0.717) is 0 Å². The predicted octanol–water partition coefficient (Wildman–Crippen LogP) is 5.76. The van der Waals surface area contributed by atoms with Gasteiger partial charge < -0.3 is 19.7 Å². The minimum Gasteiger partial charge on any atom is -0.481 e. The summed E-state index contributed by atoms with van der Waals surface area (Å²) in [4.78, 5) is 9.21. The van der Waals surface area contributed by atoms with Crippen LogP contribution in [0, 0.1) is 25.7 Å². The molecule has 0 aliphatic carbocycles. The summed E-state index contributed by atoms with van der Waals surface area (Å²) in [6.07, 6.45) is 1.87. The summed E-state index contributed by atoms with van der Waals surface area (Å²) in [5.74, 6) is 0.912. The number of amidine groups is 1. The zero-order valence-electron chi connectivity index (χ0n) is 22.9. The van der Waals surface area contributed by atoms with E-state index in [0.717, 1.165) is 45.3 Å². The smallest absolute Gasteiger partial charge is 0.324 e. The number of rotatable bonds is 2. The van der Waals surface area contributed by atoms with Crippen LogP contribution in [-0.4, -0.2) is 29.7 Å². The molecule has 0 N–H and O–H groups in total. The van der Waals surface area contributed by atoms with Crippen molar-refractivity contribution in [1.82, 2.24) is 9.99 Å². The fourth-order valence-corrected chi connectivity index (χ4v) is 6.31. The third-order valence-corrected chi connectivity index (χ3v) is 8.05. The van der Waals surface area contributed by atoms with Crippen LogP contribution in [0.15, 0.2) is 96.2 Å². The molecule has 0 radical (unpaired) electrons. The Bertz CT molecular complexity index is 1870. The van der Waals surface area contributed by atoms with Crippen LogP contribution in [0.25, 0.3) is 33.5 Å². The zero-order valence-corrected chi connectivity index (χ0v) is 24.4. The SMILES string of the molecule is CC1=NN(C)[CH-]N1c1[c-]c2c(cc1)-c1ccccc1B1c3ccccc3-c3ccc(-c4cc(C)ccn4)[c-]c3N12.[Pd]. The Morgan fingerprint density at radius 1 is 0.756 bits per heavy atom. The molecule has 0 bridgehead atoms. The van der Waals surface area contributed by atoms with Crippen molar-refractivity contribution in [2.24, 2.45) is 5.10 Å². The summed E-state index contributed by atoms with van der Waals surface area (Å²) in [6, 6.07) is 38.0.